The number of Topliss-reactive ketones (excluding diaryl/α,β-unsaturated/α-hetero) is 1. The Bertz CT molecular complexity index is 1210. The number of benzene rings is 3. The highest BCUT2D eigenvalue weighted by atomic mass is 16.5. The zero-order valence-corrected chi connectivity index (χ0v) is 19.6. The predicted molar refractivity (Wildman–Crippen MR) is 134 cm³/mol. The zero-order chi connectivity index (χ0) is 24.2. The molecule has 1 atom stereocenters. The van der Waals surface area contributed by atoms with Gasteiger partial charge in [0.25, 0.3) is 11.7 Å². The van der Waals surface area contributed by atoms with E-state index in [0.717, 1.165) is 24.3 Å². The number of hydrogen-bond donors (Lipinski definition) is 1. The van der Waals surface area contributed by atoms with Crippen molar-refractivity contribution in [2.24, 2.45) is 0 Å². The van der Waals surface area contributed by atoms with E-state index in [1.807, 2.05) is 30.3 Å². The monoisotopic (exact) mass is 456 g/mol. The standard InChI is InChI=1S/C28H28N2O4/c1-4-29(5-2)21-16-14-19(15-17-21)25-24(26(31)20-10-7-6-8-11-20)27(32)28(33)30(25)22-12-9-13-23(18-22)34-3/h6-18,25,31H,4-5H2,1-3H3/b26-24+. The topological polar surface area (TPSA) is 70.1 Å². The number of rotatable bonds is 7. The minimum absolute atomic E-state index is 0.0645. The molecule has 1 N–H and O–H groups in total. The number of carbonyl (C=O) groups excluding carboxylic acids is 2. The highest BCUT2D eigenvalue weighted by molar-refractivity contribution is 6.51. The van der Waals surface area contributed by atoms with Crippen LogP contribution in [-0.2, 0) is 9.59 Å². The van der Waals surface area contributed by atoms with E-state index in [-0.39, 0.29) is 11.3 Å². The van der Waals surface area contributed by atoms with Crippen LogP contribution >= 0.6 is 0 Å². The largest absolute Gasteiger partial charge is 0.507 e. The average Bonchev–Trinajstić information content (AvgIpc) is 3.15. The Morgan fingerprint density at radius 3 is 2.24 bits per heavy atom. The first-order valence-electron chi connectivity index (χ1n) is 11.4. The van der Waals surface area contributed by atoms with Crippen LogP contribution < -0.4 is 14.5 Å². The molecule has 0 spiro atoms. The lowest BCUT2D eigenvalue weighted by Gasteiger charge is -2.27. The molecule has 6 nitrogen and oxygen atoms in total. The molecule has 1 fully saturated rings. The highest BCUT2D eigenvalue weighted by Gasteiger charge is 2.47. The number of ketones is 1. The SMILES string of the molecule is CCN(CC)c1ccc(C2/C(=C(\O)c3ccccc3)C(=O)C(=O)N2c2cccc(OC)c2)cc1. The molecule has 4 rings (SSSR count). The molecule has 0 aromatic heterocycles. The van der Waals surface area contributed by atoms with Crippen LogP contribution in [0.5, 0.6) is 5.75 Å². The fourth-order valence-electron chi connectivity index (χ4n) is 4.38. The van der Waals surface area contributed by atoms with Gasteiger partial charge in [-0.25, -0.2) is 0 Å². The van der Waals surface area contributed by atoms with Crippen LogP contribution in [0.15, 0.2) is 84.4 Å². The first-order chi connectivity index (χ1) is 16.5. The Kier molecular flexibility index (Phi) is 6.68. The maximum Gasteiger partial charge on any atom is 0.300 e. The lowest BCUT2D eigenvalue weighted by molar-refractivity contribution is -0.132. The Labute approximate surface area is 199 Å². The number of aliphatic hydroxyl groups excluding tert-OH is 1. The Morgan fingerprint density at radius 1 is 0.941 bits per heavy atom. The predicted octanol–water partition coefficient (Wildman–Crippen LogP) is 5.17. The number of aliphatic hydroxyl groups is 1. The van der Waals surface area contributed by atoms with Gasteiger partial charge in [-0.1, -0.05) is 48.5 Å². The number of anilines is 2. The van der Waals surface area contributed by atoms with Gasteiger partial charge in [0.15, 0.2) is 0 Å². The van der Waals surface area contributed by atoms with Crippen LogP contribution in [0.25, 0.3) is 5.76 Å². The molecule has 0 aliphatic carbocycles. The summed E-state index contributed by atoms with van der Waals surface area (Å²) in [7, 11) is 1.55. The molecule has 3 aromatic rings. The van der Waals surface area contributed by atoms with Gasteiger partial charge < -0.3 is 14.7 Å². The van der Waals surface area contributed by atoms with E-state index in [1.54, 1.807) is 55.6 Å². The molecule has 6 heteroatoms. The molecule has 1 aliphatic heterocycles. The summed E-state index contributed by atoms with van der Waals surface area (Å²) >= 11 is 0. The fourth-order valence-corrected chi connectivity index (χ4v) is 4.38. The number of ether oxygens (including phenoxy) is 1. The van der Waals surface area contributed by atoms with Gasteiger partial charge in [-0.05, 0) is 43.7 Å². The first kappa shape index (κ1) is 23.1. The van der Waals surface area contributed by atoms with Gasteiger partial charge in [0.05, 0.1) is 18.7 Å². The van der Waals surface area contributed by atoms with Gasteiger partial charge >= 0.3 is 0 Å². The van der Waals surface area contributed by atoms with Gasteiger partial charge in [-0.3, -0.25) is 14.5 Å². The molecule has 1 amide bonds. The number of methoxy groups -OCH3 is 1. The summed E-state index contributed by atoms with van der Waals surface area (Å²) in [5, 5.41) is 11.2. The lowest BCUT2D eigenvalue weighted by atomic mass is 9.95. The summed E-state index contributed by atoms with van der Waals surface area (Å²) in [4.78, 5) is 30.2. The van der Waals surface area contributed by atoms with Crippen LogP contribution in [0.1, 0.15) is 31.0 Å². The highest BCUT2D eigenvalue weighted by Crippen LogP contribution is 2.43. The second kappa shape index (κ2) is 9.83. The molecule has 1 saturated heterocycles. The molecular weight excluding hydrogens is 428 g/mol. The fraction of sp³-hybridized carbons (Fsp3) is 0.214. The second-order valence-corrected chi connectivity index (χ2v) is 8.00. The van der Waals surface area contributed by atoms with Crippen LogP contribution in [-0.4, -0.2) is 37.0 Å². The zero-order valence-electron chi connectivity index (χ0n) is 19.6. The number of carbonyl (C=O) groups is 2. The van der Waals surface area contributed by atoms with Crippen molar-refractivity contribution < 1.29 is 19.4 Å². The van der Waals surface area contributed by atoms with Crippen LogP contribution in [0, 0.1) is 0 Å². The molecule has 1 heterocycles. The summed E-state index contributed by atoms with van der Waals surface area (Å²) in [6.45, 7) is 5.92. The van der Waals surface area contributed by atoms with Gasteiger partial charge in [0, 0.05) is 36.1 Å². The Morgan fingerprint density at radius 2 is 1.62 bits per heavy atom. The second-order valence-electron chi connectivity index (χ2n) is 8.00. The van der Waals surface area contributed by atoms with E-state index < -0.39 is 17.7 Å². The third kappa shape index (κ3) is 4.15. The van der Waals surface area contributed by atoms with Crippen LogP contribution in [0.4, 0.5) is 11.4 Å². The van der Waals surface area contributed by atoms with Crippen molar-refractivity contribution in [3.05, 3.63) is 95.6 Å². The Hall–Kier alpha value is -4.06. The number of nitrogens with zero attached hydrogens (tertiary/aromatic N) is 2. The molecule has 0 saturated carbocycles. The summed E-state index contributed by atoms with van der Waals surface area (Å²) in [5.74, 6) is -1.04. The third-order valence-corrected chi connectivity index (χ3v) is 6.16. The first-order valence-corrected chi connectivity index (χ1v) is 11.4. The Balaban J connectivity index is 1.89. The van der Waals surface area contributed by atoms with Gasteiger partial charge in [-0.2, -0.15) is 0 Å². The van der Waals surface area contributed by atoms with E-state index in [2.05, 4.69) is 18.7 Å². The summed E-state index contributed by atoms with van der Waals surface area (Å²) in [5.41, 5.74) is 2.85. The molecule has 34 heavy (non-hydrogen) atoms. The van der Waals surface area contributed by atoms with E-state index in [4.69, 9.17) is 4.74 Å². The minimum atomic E-state index is -0.780. The molecule has 174 valence electrons. The maximum absolute atomic E-state index is 13.3. The minimum Gasteiger partial charge on any atom is -0.507 e. The molecule has 1 unspecified atom stereocenters. The van der Waals surface area contributed by atoms with Crippen LogP contribution in [0.2, 0.25) is 0 Å². The van der Waals surface area contributed by atoms with E-state index in [0.29, 0.717) is 17.0 Å². The van der Waals surface area contributed by atoms with Crippen molar-refractivity contribution >= 4 is 28.8 Å². The molecule has 1 aliphatic rings. The van der Waals surface area contributed by atoms with Crippen molar-refractivity contribution in [3.8, 4) is 5.75 Å². The molecular formula is C28H28N2O4. The summed E-state index contributed by atoms with van der Waals surface area (Å²) in [6, 6.07) is 22.8. The quantitative estimate of drug-likeness (QED) is 0.302. The molecule has 0 radical (unpaired) electrons. The van der Waals surface area contributed by atoms with Crippen LogP contribution in [0.3, 0.4) is 0 Å². The lowest BCUT2D eigenvalue weighted by Crippen LogP contribution is -2.29. The van der Waals surface area contributed by atoms with Gasteiger partial charge in [-0.15, -0.1) is 0 Å². The summed E-state index contributed by atoms with van der Waals surface area (Å²) in [6.07, 6.45) is 0. The van der Waals surface area contributed by atoms with Crippen molar-refractivity contribution in [1.82, 2.24) is 0 Å². The van der Waals surface area contributed by atoms with E-state index in [9.17, 15) is 14.7 Å². The van der Waals surface area contributed by atoms with Gasteiger partial charge in [0.2, 0.25) is 0 Å². The van der Waals surface area contributed by atoms with Crippen molar-refractivity contribution in [3.63, 3.8) is 0 Å². The van der Waals surface area contributed by atoms with E-state index >= 15 is 0 Å². The molecule has 0 bridgehead atoms. The maximum atomic E-state index is 13.3. The van der Waals surface area contributed by atoms with E-state index in [1.165, 1.54) is 4.90 Å². The number of hydrogen-bond acceptors (Lipinski definition) is 5. The van der Waals surface area contributed by atoms with Crippen molar-refractivity contribution in [1.29, 1.82) is 0 Å². The average molecular weight is 457 g/mol. The van der Waals surface area contributed by atoms with Gasteiger partial charge in [0.1, 0.15) is 11.5 Å². The molecule has 3 aromatic carbocycles. The summed E-state index contributed by atoms with van der Waals surface area (Å²) < 4.78 is 5.34. The normalized spacial score (nSPS) is 17.1. The van der Waals surface area contributed by atoms with Crippen molar-refractivity contribution in [2.45, 2.75) is 19.9 Å². The number of amides is 1. The van der Waals surface area contributed by atoms with Crippen molar-refractivity contribution in [2.75, 3.05) is 30.0 Å². The third-order valence-electron chi connectivity index (χ3n) is 6.16. The smallest absolute Gasteiger partial charge is 0.300 e.